The number of amides is 1. The smallest absolute Gasteiger partial charge is 0.343 e. The third-order valence-electron chi connectivity index (χ3n) is 2.49. The van der Waals surface area contributed by atoms with Crippen LogP contribution in [0.3, 0.4) is 0 Å². The molecule has 0 bridgehead atoms. The van der Waals surface area contributed by atoms with E-state index in [9.17, 15) is 9.59 Å². The summed E-state index contributed by atoms with van der Waals surface area (Å²) in [4.78, 5) is 29.0. The number of nitrogens with zero attached hydrogens (tertiary/aromatic N) is 3. The lowest BCUT2D eigenvalue weighted by Crippen LogP contribution is -2.27. The molecule has 0 saturated heterocycles. The van der Waals surface area contributed by atoms with Gasteiger partial charge in [-0.05, 0) is 18.6 Å². The first kappa shape index (κ1) is 13.8. The number of aromatic nitrogens is 4. The highest BCUT2D eigenvalue weighted by Crippen LogP contribution is 2.05. The van der Waals surface area contributed by atoms with Gasteiger partial charge in [0, 0.05) is 19.8 Å². The van der Waals surface area contributed by atoms with Gasteiger partial charge in [-0.1, -0.05) is 0 Å². The van der Waals surface area contributed by atoms with E-state index in [1.54, 1.807) is 18.5 Å². The van der Waals surface area contributed by atoms with Crippen molar-refractivity contribution < 1.29 is 9.53 Å². The van der Waals surface area contributed by atoms with Gasteiger partial charge in [0.15, 0.2) is 0 Å². The monoisotopic (exact) mass is 277 g/mol. The first-order valence-electron chi connectivity index (χ1n) is 6.11. The SMILES string of the molecule is Cn1nc(C(=O)NCCCOc2cccnc2)[nH]c1=O. The molecule has 0 aliphatic heterocycles. The number of aromatic amines is 1. The Morgan fingerprint density at radius 3 is 3.05 bits per heavy atom. The molecule has 0 radical (unpaired) electrons. The Kier molecular flexibility index (Phi) is 4.48. The molecule has 106 valence electrons. The summed E-state index contributed by atoms with van der Waals surface area (Å²) in [7, 11) is 1.47. The number of carbonyl (C=O) groups excluding carboxylic acids is 1. The maximum absolute atomic E-state index is 11.6. The fourth-order valence-electron chi connectivity index (χ4n) is 1.49. The van der Waals surface area contributed by atoms with Crippen LogP contribution in [0.15, 0.2) is 29.3 Å². The quantitative estimate of drug-likeness (QED) is 0.706. The Bertz CT molecular complexity index is 620. The van der Waals surface area contributed by atoms with Crippen LogP contribution >= 0.6 is 0 Å². The number of rotatable bonds is 6. The second kappa shape index (κ2) is 6.50. The van der Waals surface area contributed by atoms with Crippen LogP contribution in [0.4, 0.5) is 0 Å². The predicted octanol–water partition coefficient (Wildman–Crippen LogP) is -0.298. The molecule has 2 aromatic heterocycles. The van der Waals surface area contributed by atoms with Gasteiger partial charge >= 0.3 is 5.69 Å². The van der Waals surface area contributed by atoms with Gasteiger partial charge in [-0.15, -0.1) is 5.10 Å². The van der Waals surface area contributed by atoms with Crippen molar-refractivity contribution in [3.8, 4) is 5.75 Å². The summed E-state index contributed by atoms with van der Waals surface area (Å²) in [6, 6.07) is 3.60. The highest BCUT2D eigenvalue weighted by Gasteiger charge is 2.10. The van der Waals surface area contributed by atoms with Crippen LogP contribution < -0.4 is 15.7 Å². The van der Waals surface area contributed by atoms with E-state index in [2.05, 4.69) is 20.4 Å². The van der Waals surface area contributed by atoms with Gasteiger partial charge in [-0.2, -0.15) is 0 Å². The lowest BCUT2D eigenvalue weighted by molar-refractivity contribution is 0.0941. The summed E-state index contributed by atoms with van der Waals surface area (Å²) in [5.41, 5.74) is -0.421. The van der Waals surface area contributed by atoms with E-state index in [1.807, 2.05) is 6.07 Å². The van der Waals surface area contributed by atoms with Gasteiger partial charge in [-0.3, -0.25) is 14.8 Å². The van der Waals surface area contributed by atoms with Gasteiger partial charge in [0.2, 0.25) is 5.82 Å². The molecule has 0 aromatic carbocycles. The van der Waals surface area contributed by atoms with E-state index in [0.717, 1.165) is 4.68 Å². The summed E-state index contributed by atoms with van der Waals surface area (Å²) in [6.07, 6.45) is 3.93. The van der Waals surface area contributed by atoms with E-state index in [0.29, 0.717) is 25.3 Å². The van der Waals surface area contributed by atoms with Crippen LogP contribution in [0.1, 0.15) is 17.0 Å². The highest BCUT2D eigenvalue weighted by molar-refractivity contribution is 5.90. The van der Waals surface area contributed by atoms with Crippen LogP contribution in [-0.2, 0) is 7.05 Å². The molecular formula is C12H15N5O3. The van der Waals surface area contributed by atoms with Crippen molar-refractivity contribution in [2.75, 3.05) is 13.2 Å². The minimum atomic E-state index is -0.421. The second-order valence-corrected chi connectivity index (χ2v) is 4.05. The fraction of sp³-hybridized carbons (Fsp3) is 0.333. The van der Waals surface area contributed by atoms with Crippen LogP contribution in [0.5, 0.6) is 5.75 Å². The third kappa shape index (κ3) is 3.67. The Morgan fingerprint density at radius 2 is 2.40 bits per heavy atom. The lowest BCUT2D eigenvalue weighted by Gasteiger charge is -2.05. The highest BCUT2D eigenvalue weighted by atomic mass is 16.5. The first-order valence-corrected chi connectivity index (χ1v) is 6.11. The number of aryl methyl sites for hydroxylation is 1. The van der Waals surface area contributed by atoms with E-state index in [-0.39, 0.29) is 5.82 Å². The summed E-state index contributed by atoms with van der Waals surface area (Å²) in [5, 5.41) is 6.40. The Labute approximate surface area is 114 Å². The van der Waals surface area contributed by atoms with Gasteiger partial charge in [0.05, 0.1) is 12.8 Å². The largest absolute Gasteiger partial charge is 0.492 e. The molecule has 0 aliphatic rings. The lowest BCUT2D eigenvalue weighted by atomic mass is 10.4. The molecule has 0 spiro atoms. The van der Waals surface area contributed by atoms with Crippen molar-refractivity contribution in [3.63, 3.8) is 0 Å². The van der Waals surface area contributed by atoms with E-state index in [1.165, 1.54) is 7.05 Å². The maximum atomic E-state index is 11.6. The first-order chi connectivity index (χ1) is 9.66. The molecule has 0 aliphatic carbocycles. The number of carbonyl (C=O) groups is 1. The number of hydrogen-bond acceptors (Lipinski definition) is 5. The molecule has 8 heteroatoms. The van der Waals surface area contributed by atoms with E-state index >= 15 is 0 Å². The van der Waals surface area contributed by atoms with Gasteiger partial charge in [0.25, 0.3) is 5.91 Å². The molecule has 2 rings (SSSR count). The van der Waals surface area contributed by atoms with E-state index in [4.69, 9.17) is 4.74 Å². The summed E-state index contributed by atoms with van der Waals surface area (Å²) in [6.45, 7) is 0.891. The van der Waals surface area contributed by atoms with Crippen molar-refractivity contribution in [1.29, 1.82) is 0 Å². The molecule has 8 nitrogen and oxygen atoms in total. The van der Waals surface area contributed by atoms with Crippen LogP contribution in [0, 0.1) is 0 Å². The molecule has 1 amide bonds. The number of H-pyrrole nitrogens is 1. The van der Waals surface area contributed by atoms with E-state index < -0.39 is 11.6 Å². The van der Waals surface area contributed by atoms with Crippen molar-refractivity contribution in [2.45, 2.75) is 6.42 Å². The number of nitrogens with one attached hydrogen (secondary N) is 2. The molecule has 2 heterocycles. The topological polar surface area (TPSA) is 102 Å². The fourth-order valence-corrected chi connectivity index (χ4v) is 1.49. The van der Waals surface area contributed by atoms with Crippen LogP contribution in [0.2, 0.25) is 0 Å². The standard InChI is InChI=1S/C12H15N5O3/c1-17-12(19)15-10(16-17)11(18)14-6-3-7-20-9-4-2-5-13-8-9/h2,4-5,8H,3,6-7H2,1H3,(H,14,18)(H,15,16,19). The zero-order valence-electron chi connectivity index (χ0n) is 11.0. The number of ether oxygens (including phenoxy) is 1. The van der Waals surface area contributed by atoms with Crippen LogP contribution in [0.25, 0.3) is 0 Å². The molecule has 20 heavy (non-hydrogen) atoms. The van der Waals surface area contributed by atoms with Crippen molar-refractivity contribution in [3.05, 3.63) is 40.8 Å². The van der Waals surface area contributed by atoms with Gasteiger partial charge in [-0.25, -0.2) is 9.48 Å². The minimum Gasteiger partial charge on any atom is -0.492 e. The van der Waals surface area contributed by atoms with Crippen molar-refractivity contribution in [1.82, 2.24) is 25.1 Å². The maximum Gasteiger partial charge on any atom is 0.343 e. The number of hydrogen-bond donors (Lipinski definition) is 2. The van der Waals surface area contributed by atoms with Crippen LogP contribution in [-0.4, -0.2) is 38.8 Å². The molecule has 0 fully saturated rings. The Balaban J connectivity index is 1.68. The summed E-state index contributed by atoms with van der Waals surface area (Å²) < 4.78 is 6.50. The summed E-state index contributed by atoms with van der Waals surface area (Å²) in [5.74, 6) is 0.280. The Morgan fingerprint density at radius 1 is 1.55 bits per heavy atom. The molecule has 0 unspecified atom stereocenters. The minimum absolute atomic E-state index is 0.00526. The normalized spacial score (nSPS) is 10.2. The second-order valence-electron chi connectivity index (χ2n) is 4.05. The van der Waals surface area contributed by atoms with Gasteiger partial charge in [0.1, 0.15) is 5.75 Å². The number of pyridine rings is 1. The van der Waals surface area contributed by atoms with Crippen molar-refractivity contribution in [2.24, 2.45) is 7.05 Å². The zero-order chi connectivity index (χ0) is 14.4. The Hall–Kier alpha value is -2.64. The predicted molar refractivity (Wildman–Crippen MR) is 70.5 cm³/mol. The average molecular weight is 277 g/mol. The zero-order valence-corrected chi connectivity index (χ0v) is 11.0. The third-order valence-corrected chi connectivity index (χ3v) is 2.49. The average Bonchev–Trinajstić information content (AvgIpc) is 2.79. The molecule has 2 N–H and O–H groups in total. The van der Waals surface area contributed by atoms with Crippen molar-refractivity contribution >= 4 is 5.91 Å². The molecule has 0 saturated carbocycles. The molecule has 0 atom stereocenters. The summed E-state index contributed by atoms with van der Waals surface area (Å²) >= 11 is 0. The molecule has 2 aromatic rings. The molecular weight excluding hydrogens is 262 g/mol. The van der Waals surface area contributed by atoms with Gasteiger partial charge < -0.3 is 10.1 Å².